The highest BCUT2D eigenvalue weighted by atomic mass is 32.3. The van der Waals surface area contributed by atoms with Crippen LogP contribution in [0.3, 0.4) is 0 Å². The molecule has 0 aromatic carbocycles. The Morgan fingerprint density at radius 1 is 1.45 bits per heavy atom. The van der Waals surface area contributed by atoms with Gasteiger partial charge in [-0.25, -0.2) is 4.18 Å². The molecule has 0 atom stereocenters. The van der Waals surface area contributed by atoms with Crippen LogP contribution in [0.15, 0.2) is 24.3 Å². The first kappa shape index (κ1) is 10.3. The second-order valence-electron chi connectivity index (χ2n) is 1.67. The van der Waals surface area contributed by atoms with Crippen molar-refractivity contribution in [1.82, 2.24) is 0 Å². The zero-order valence-corrected chi connectivity index (χ0v) is 6.91. The molecule has 0 heterocycles. The van der Waals surface area contributed by atoms with Crippen LogP contribution < -0.4 is 0 Å². The molecular formula is C6H10O4S. The van der Waals surface area contributed by atoms with Gasteiger partial charge in [-0.1, -0.05) is 24.3 Å². The van der Waals surface area contributed by atoms with Crippen LogP contribution in [0.5, 0.6) is 0 Å². The lowest BCUT2D eigenvalue weighted by Crippen LogP contribution is -2.02. The minimum Gasteiger partial charge on any atom is -0.264 e. The lowest BCUT2D eigenvalue weighted by Gasteiger charge is -1.91. The van der Waals surface area contributed by atoms with Gasteiger partial charge in [-0.05, 0) is 6.92 Å². The predicted molar refractivity (Wildman–Crippen MR) is 41.5 cm³/mol. The van der Waals surface area contributed by atoms with E-state index in [1.807, 2.05) is 6.92 Å². The lowest BCUT2D eigenvalue weighted by molar-refractivity contribution is 0.296. The van der Waals surface area contributed by atoms with Crippen molar-refractivity contribution in [3.8, 4) is 0 Å². The Morgan fingerprint density at radius 3 is 2.55 bits per heavy atom. The number of hydrogen-bond acceptors (Lipinski definition) is 3. The summed E-state index contributed by atoms with van der Waals surface area (Å²) in [4.78, 5) is 0. The Balaban J connectivity index is 3.59. The standard InChI is InChI=1S/C6H10O4S/c1-2-3-4-5-6-10-11(7,8)9/h2-5H,6H2,1H3,(H,7,8,9)/b3-2+,5-4+. The molecule has 0 bridgehead atoms. The van der Waals surface area contributed by atoms with Gasteiger partial charge in [-0.2, -0.15) is 8.42 Å². The van der Waals surface area contributed by atoms with Gasteiger partial charge in [0.2, 0.25) is 0 Å². The SMILES string of the molecule is C/C=C/C=C/COS(=O)(=O)O. The van der Waals surface area contributed by atoms with Gasteiger partial charge in [-0.3, -0.25) is 4.55 Å². The van der Waals surface area contributed by atoms with Crippen molar-refractivity contribution in [3.05, 3.63) is 24.3 Å². The van der Waals surface area contributed by atoms with Crippen molar-refractivity contribution in [2.45, 2.75) is 6.92 Å². The summed E-state index contributed by atoms with van der Waals surface area (Å²) in [5.41, 5.74) is 0. The van der Waals surface area contributed by atoms with E-state index in [0.29, 0.717) is 0 Å². The molecule has 0 unspecified atom stereocenters. The van der Waals surface area contributed by atoms with E-state index in [1.165, 1.54) is 6.08 Å². The Labute approximate surface area is 66.1 Å². The molecule has 11 heavy (non-hydrogen) atoms. The van der Waals surface area contributed by atoms with Crippen LogP contribution in [0, 0.1) is 0 Å². The fourth-order valence-corrected chi connectivity index (χ4v) is 0.621. The van der Waals surface area contributed by atoms with Gasteiger partial charge in [0, 0.05) is 0 Å². The third kappa shape index (κ3) is 9.35. The van der Waals surface area contributed by atoms with E-state index in [0.717, 1.165) is 0 Å². The molecule has 0 rings (SSSR count). The molecule has 64 valence electrons. The van der Waals surface area contributed by atoms with Crippen molar-refractivity contribution in [2.24, 2.45) is 0 Å². The van der Waals surface area contributed by atoms with Crippen LogP contribution in [0.2, 0.25) is 0 Å². The highest BCUT2D eigenvalue weighted by Crippen LogP contribution is 1.86. The van der Waals surface area contributed by atoms with E-state index in [9.17, 15) is 8.42 Å². The zero-order valence-electron chi connectivity index (χ0n) is 6.10. The van der Waals surface area contributed by atoms with E-state index in [2.05, 4.69) is 4.18 Å². The Morgan fingerprint density at radius 2 is 2.09 bits per heavy atom. The molecule has 0 aromatic rings. The van der Waals surface area contributed by atoms with Crippen LogP contribution in [-0.2, 0) is 14.6 Å². The van der Waals surface area contributed by atoms with Gasteiger partial charge in [0.25, 0.3) is 0 Å². The van der Waals surface area contributed by atoms with Crippen LogP contribution in [0.25, 0.3) is 0 Å². The van der Waals surface area contributed by atoms with Crippen molar-refractivity contribution in [2.75, 3.05) is 6.61 Å². The fraction of sp³-hybridized carbons (Fsp3) is 0.333. The maximum absolute atomic E-state index is 9.95. The molecule has 0 saturated carbocycles. The van der Waals surface area contributed by atoms with E-state index in [1.54, 1.807) is 18.2 Å². The number of rotatable bonds is 4. The quantitative estimate of drug-likeness (QED) is 0.514. The van der Waals surface area contributed by atoms with E-state index < -0.39 is 10.4 Å². The topological polar surface area (TPSA) is 63.6 Å². The van der Waals surface area contributed by atoms with Gasteiger partial charge in [0.05, 0.1) is 6.61 Å². The first-order valence-electron chi connectivity index (χ1n) is 2.96. The summed E-state index contributed by atoms with van der Waals surface area (Å²) in [6.07, 6.45) is 6.58. The molecule has 0 amide bonds. The fourth-order valence-electron chi connectivity index (χ4n) is 0.371. The summed E-state index contributed by atoms with van der Waals surface area (Å²) in [6, 6.07) is 0. The maximum Gasteiger partial charge on any atom is 0.397 e. The third-order valence-corrected chi connectivity index (χ3v) is 1.19. The summed E-state index contributed by atoms with van der Waals surface area (Å²) in [5, 5.41) is 0. The average Bonchev–Trinajstić information content (AvgIpc) is 1.85. The Kier molecular flexibility index (Phi) is 4.76. The molecule has 4 nitrogen and oxygen atoms in total. The van der Waals surface area contributed by atoms with Crippen LogP contribution in [0.1, 0.15) is 6.92 Å². The summed E-state index contributed by atoms with van der Waals surface area (Å²) < 4.78 is 31.9. The first-order valence-corrected chi connectivity index (χ1v) is 4.32. The summed E-state index contributed by atoms with van der Waals surface area (Å²) in [5.74, 6) is 0. The van der Waals surface area contributed by atoms with Crippen molar-refractivity contribution >= 4 is 10.4 Å². The molecule has 5 heteroatoms. The summed E-state index contributed by atoms with van der Waals surface area (Å²) in [6.45, 7) is 1.68. The zero-order chi connectivity index (χ0) is 8.74. The average molecular weight is 178 g/mol. The monoisotopic (exact) mass is 178 g/mol. The van der Waals surface area contributed by atoms with Gasteiger partial charge >= 0.3 is 10.4 Å². The minimum absolute atomic E-state index is 0.150. The van der Waals surface area contributed by atoms with Crippen LogP contribution in [-0.4, -0.2) is 19.6 Å². The van der Waals surface area contributed by atoms with E-state index in [-0.39, 0.29) is 6.61 Å². The molecule has 1 N–H and O–H groups in total. The molecule has 0 aliphatic heterocycles. The first-order chi connectivity index (χ1) is 5.06. The lowest BCUT2D eigenvalue weighted by atomic mass is 10.4. The summed E-state index contributed by atoms with van der Waals surface area (Å²) in [7, 11) is -4.29. The Hall–Kier alpha value is -0.650. The van der Waals surface area contributed by atoms with Crippen molar-refractivity contribution in [1.29, 1.82) is 0 Å². The largest absolute Gasteiger partial charge is 0.397 e. The van der Waals surface area contributed by atoms with Crippen molar-refractivity contribution < 1.29 is 17.2 Å². The third-order valence-electron chi connectivity index (χ3n) is 0.753. The number of hydrogen-bond donors (Lipinski definition) is 1. The molecule has 0 aliphatic carbocycles. The predicted octanol–water partition coefficient (Wildman–Crippen LogP) is 0.938. The molecule has 0 aliphatic rings. The van der Waals surface area contributed by atoms with Gasteiger partial charge in [-0.15, -0.1) is 0 Å². The smallest absolute Gasteiger partial charge is 0.264 e. The molecular weight excluding hydrogens is 168 g/mol. The minimum atomic E-state index is -4.29. The molecule has 0 spiro atoms. The highest BCUT2D eigenvalue weighted by molar-refractivity contribution is 7.80. The van der Waals surface area contributed by atoms with E-state index in [4.69, 9.17) is 4.55 Å². The molecule has 0 aromatic heterocycles. The second-order valence-corrected chi connectivity index (χ2v) is 2.76. The van der Waals surface area contributed by atoms with Gasteiger partial charge in [0.1, 0.15) is 0 Å². The molecule has 0 saturated heterocycles. The van der Waals surface area contributed by atoms with Gasteiger partial charge in [0.15, 0.2) is 0 Å². The molecule has 0 radical (unpaired) electrons. The van der Waals surface area contributed by atoms with Crippen molar-refractivity contribution in [3.63, 3.8) is 0 Å². The number of allylic oxidation sites excluding steroid dienone is 3. The summed E-state index contributed by atoms with van der Waals surface area (Å²) >= 11 is 0. The van der Waals surface area contributed by atoms with Crippen LogP contribution in [0.4, 0.5) is 0 Å². The second kappa shape index (κ2) is 5.06. The van der Waals surface area contributed by atoms with Crippen LogP contribution >= 0.6 is 0 Å². The normalized spacial score (nSPS) is 13.3. The van der Waals surface area contributed by atoms with Gasteiger partial charge < -0.3 is 0 Å². The van der Waals surface area contributed by atoms with E-state index >= 15 is 0 Å². The molecule has 0 fully saturated rings. The maximum atomic E-state index is 9.95. The highest BCUT2D eigenvalue weighted by Gasteiger charge is 1.99. The Bertz CT molecular complexity index is 237.